The number of aliphatic hydroxyl groups is 1. The molecule has 0 aromatic carbocycles. The monoisotopic (exact) mass is 538 g/mol. The topological polar surface area (TPSA) is 106 Å². The summed E-state index contributed by atoms with van der Waals surface area (Å²) in [6.45, 7) is 7.99. The normalized spacial score (nSPS) is 17.6. The van der Waals surface area contributed by atoms with Crippen molar-refractivity contribution >= 4 is 17.0 Å². The number of fused-ring (bicyclic) bond motifs is 1. The van der Waals surface area contributed by atoms with Gasteiger partial charge < -0.3 is 19.6 Å². The molecule has 0 spiro atoms. The lowest BCUT2D eigenvalue weighted by Crippen LogP contribution is -2.46. The van der Waals surface area contributed by atoms with Gasteiger partial charge in [-0.1, -0.05) is 6.07 Å². The third-order valence-electron chi connectivity index (χ3n) is 8.09. The number of ether oxygens (including phenoxy) is 1. The number of rotatable bonds is 6. The van der Waals surface area contributed by atoms with E-state index < -0.39 is 5.60 Å². The number of nitriles is 1. The van der Waals surface area contributed by atoms with Crippen molar-refractivity contribution in [2.24, 2.45) is 0 Å². The van der Waals surface area contributed by atoms with Crippen LogP contribution in [-0.2, 0) is 6.54 Å². The fraction of sp³-hybridized carbons (Fsp3) is 0.400. The molecule has 2 fully saturated rings. The predicted octanol–water partition coefficient (Wildman–Crippen LogP) is 3.34. The van der Waals surface area contributed by atoms with Crippen LogP contribution in [0.3, 0.4) is 0 Å². The Morgan fingerprint density at radius 2 is 1.77 bits per heavy atom. The lowest BCUT2D eigenvalue weighted by molar-refractivity contribution is 0.0351. The van der Waals surface area contributed by atoms with Crippen LogP contribution >= 0.6 is 0 Å². The minimum Gasteiger partial charge on any atom is -0.481 e. The molecule has 6 heterocycles. The lowest BCUT2D eigenvalue weighted by Gasteiger charge is -2.37. The van der Waals surface area contributed by atoms with Crippen LogP contribution in [0, 0.1) is 11.3 Å². The summed E-state index contributed by atoms with van der Waals surface area (Å²) in [5.74, 6) is 1.59. The second-order valence-electron chi connectivity index (χ2n) is 10.9. The van der Waals surface area contributed by atoms with Gasteiger partial charge in [0.05, 0.1) is 41.9 Å². The molecule has 40 heavy (non-hydrogen) atoms. The van der Waals surface area contributed by atoms with Crippen molar-refractivity contribution in [1.82, 2.24) is 24.5 Å². The van der Waals surface area contributed by atoms with E-state index in [0.717, 1.165) is 74.0 Å². The van der Waals surface area contributed by atoms with Crippen LogP contribution in [0.2, 0.25) is 0 Å². The summed E-state index contributed by atoms with van der Waals surface area (Å²) in [6.07, 6.45) is 8.80. The van der Waals surface area contributed by atoms with Gasteiger partial charge in [-0.15, -0.1) is 0 Å². The zero-order valence-electron chi connectivity index (χ0n) is 23.0. The first-order chi connectivity index (χ1) is 19.4. The van der Waals surface area contributed by atoms with E-state index in [-0.39, 0.29) is 0 Å². The quantitative estimate of drug-likeness (QED) is 0.396. The molecule has 2 aliphatic heterocycles. The van der Waals surface area contributed by atoms with Gasteiger partial charge in [-0.25, -0.2) is 14.5 Å². The molecule has 10 nitrogen and oxygen atoms in total. The van der Waals surface area contributed by atoms with Crippen LogP contribution in [0.4, 0.5) is 11.5 Å². The molecule has 0 amide bonds. The predicted molar refractivity (Wildman–Crippen MR) is 153 cm³/mol. The summed E-state index contributed by atoms with van der Waals surface area (Å²) in [5.41, 5.74) is 4.78. The molecule has 10 heteroatoms. The number of aromatic nitrogens is 4. The zero-order chi connectivity index (χ0) is 27.7. The van der Waals surface area contributed by atoms with Gasteiger partial charge in [0.25, 0.3) is 0 Å². The Hall–Kier alpha value is -4.20. The number of hydrogen-bond donors (Lipinski definition) is 1. The van der Waals surface area contributed by atoms with Gasteiger partial charge in [0, 0.05) is 75.4 Å². The van der Waals surface area contributed by atoms with Crippen molar-refractivity contribution in [3.8, 4) is 23.1 Å². The molecular weight excluding hydrogens is 504 g/mol. The maximum atomic E-state index is 10.4. The van der Waals surface area contributed by atoms with Gasteiger partial charge in [0.15, 0.2) is 0 Å². The molecule has 4 aromatic heterocycles. The van der Waals surface area contributed by atoms with Crippen molar-refractivity contribution in [2.45, 2.75) is 31.9 Å². The Morgan fingerprint density at radius 3 is 2.42 bits per heavy atom. The van der Waals surface area contributed by atoms with E-state index >= 15 is 0 Å². The van der Waals surface area contributed by atoms with Crippen LogP contribution in [-0.4, -0.2) is 81.6 Å². The highest BCUT2D eigenvalue weighted by atomic mass is 16.5. The zero-order valence-corrected chi connectivity index (χ0v) is 23.0. The van der Waals surface area contributed by atoms with Crippen molar-refractivity contribution in [3.63, 3.8) is 0 Å². The van der Waals surface area contributed by atoms with Crippen LogP contribution in [0.5, 0.6) is 5.88 Å². The molecule has 6 rings (SSSR count). The maximum absolute atomic E-state index is 10.4. The first kappa shape index (κ1) is 26.0. The summed E-state index contributed by atoms with van der Waals surface area (Å²) in [6, 6.07) is 12.5. The van der Waals surface area contributed by atoms with Crippen molar-refractivity contribution in [2.75, 3.05) is 56.2 Å². The van der Waals surface area contributed by atoms with Crippen molar-refractivity contribution in [1.29, 1.82) is 5.26 Å². The summed E-state index contributed by atoms with van der Waals surface area (Å²) in [5, 5.41) is 24.6. The number of nitrogens with zero attached hydrogens (tertiary/aromatic N) is 8. The largest absolute Gasteiger partial charge is 0.481 e. The highest BCUT2D eigenvalue weighted by Gasteiger charge is 2.28. The average molecular weight is 539 g/mol. The first-order valence-corrected chi connectivity index (χ1v) is 13.7. The number of hydrogen-bond acceptors (Lipinski definition) is 9. The summed E-state index contributed by atoms with van der Waals surface area (Å²) >= 11 is 0. The second kappa shape index (κ2) is 10.8. The van der Waals surface area contributed by atoms with E-state index in [1.165, 1.54) is 5.56 Å². The van der Waals surface area contributed by atoms with E-state index in [9.17, 15) is 10.4 Å². The van der Waals surface area contributed by atoms with E-state index in [0.29, 0.717) is 24.3 Å². The third kappa shape index (κ3) is 5.30. The Bertz CT molecular complexity index is 1510. The molecule has 0 unspecified atom stereocenters. The standard InChI is InChI=1S/C30H34N8O2/c1-30(39)7-9-36(10-8-30)25-15-26(29-24(16-31)19-34-38(29)21-25)23-4-5-27(32-18-23)37-13-11-35(12-14-37)20-22-3-6-28(40-2)33-17-22/h3-6,15,17-19,21,39H,7-14,20H2,1-2H3. The number of methoxy groups -OCH3 is 1. The fourth-order valence-electron chi connectivity index (χ4n) is 5.58. The number of piperazine rings is 1. The van der Waals surface area contributed by atoms with Crippen LogP contribution in [0.1, 0.15) is 30.9 Å². The van der Waals surface area contributed by atoms with Gasteiger partial charge in [-0.2, -0.15) is 10.4 Å². The van der Waals surface area contributed by atoms with E-state index in [1.807, 2.05) is 31.6 Å². The van der Waals surface area contributed by atoms with E-state index in [1.54, 1.807) is 17.8 Å². The maximum Gasteiger partial charge on any atom is 0.212 e. The van der Waals surface area contributed by atoms with Crippen molar-refractivity contribution in [3.05, 3.63) is 66.2 Å². The molecule has 4 aromatic rings. The molecule has 1 N–H and O–H groups in total. The van der Waals surface area contributed by atoms with Gasteiger partial charge in [0.2, 0.25) is 5.88 Å². The Morgan fingerprint density at radius 1 is 0.975 bits per heavy atom. The number of pyridine rings is 3. The van der Waals surface area contributed by atoms with Crippen LogP contribution in [0.25, 0.3) is 16.6 Å². The molecule has 2 aliphatic rings. The van der Waals surface area contributed by atoms with E-state index in [2.05, 4.69) is 55.1 Å². The SMILES string of the molecule is COc1ccc(CN2CCN(c3ccc(-c4cc(N5CCC(C)(O)CC5)cn5ncc(C#N)c45)cn3)CC2)cn1. The third-order valence-corrected chi connectivity index (χ3v) is 8.09. The van der Waals surface area contributed by atoms with Gasteiger partial charge >= 0.3 is 0 Å². The van der Waals surface area contributed by atoms with Gasteiger partial charge in [-0.3, -0.25) is 4.90 Å². The number of anilines is 2. The van der Waals surface area contributed by atoms with Gasteiger partial charge in [0.1, 0.15) is 11.9 Å². The molecule has 2 saturated heterocycles. The molecule has 206 valence electrons. The average Bonchev–Trinajstić information content (AvgIpc) is 3.41. The smallest absolute Gasteiger partial charge is 0.212 e. The second-order valence-corrected chi connectivity index (χ2v) is 10.9. The summed E-state index contributed by atoms with van der Waals surface area (Å²) in [4.78, 5) is 16.2. The highest BCUT2D eigenvalue weighted by Crippen LogP contribution is 2.34. The number of piperidine rings is 1. The molecule has 0 radical (unpaired) electrons. The van der Waals surface area contributed by atoms with Gasteiger partial charge in [-0.05, 0) is 43.5 Å². The minimum absolute atomic E-state index is 0.537. The summed E-state index contributed by atoms with van der Waals surface area (Å²) < 4.78 is 6.95. The Labute approximate surface area is 234 Å². The lowest BCUT2D eigenvalue weighted by atomic mass is 9.93. The molecule has 0 bridgehead atoms. The molecule has 0 aliphatic carbocycles. The first-order valence-electron chi connectivity index (χ1n) is 13.7. The minimum atomic E-state index is -0.624. The van der Waals surface area contributed by atoms with Crippen LogP contribution in [0.15, 0.2) is 55.1 Å². The molecule has 0 atom stereocenters. The van der Waals surface area contributed by atoms with E-state index in [4.69, 9.17) is 9.72 Å². The Balaban J connectivity index is 1.18. The van der Waals surface area contributed by atoms with Crippen molar-refractivity contribution < 1.29 is 9.84 Å². The fourth-order valence-corrected chi connectivity index (χ4v) is 5.58. The van der Waals surface area contributed by atoms with Crippen LogP contribution < -0.4 is 14.5 Å². The Kier molecular flexibility index (Phi) is 7.00. The molecule has 0 saturated carbocycles. The highest BCUT2D eigenvalue weighted by molar-refractivity contribution is 5.86. The summed E-state index contributed by atoms with van der Waals surface area (Å²) in [7, 11) is 1.63. The molecular formula is C30H34N8O2.